The van der Waals surface area contributed by atoms with Crippen LogP contribution in [0.5, 0.6) is 0 Å². The first-order valence-corrected chi connectivity index (χ1v) is 8.72. The van der Waals surface area contributed by atoms with Crippen LogP contribution in [-0.4, -0.2) is 29.2 Å². The number of nitriles is 1. The lowest BCUT2D eigenvalue weighted by Gasteiger charge is -2.14. The van der Waals surface area contributed by atoms with E-state index in [-0.39, 0.29) is 23.3 Å². The summed E-state index contributed by atoms with van der Waals surface area (Å²) >= 11 is 0. The van der Waals surface area contributed by atoms with Gasteiger partial charge in [0.05, 0.1) is 22.8 Å². The van der Waals surface area contributed by atoms with Gasteiger partial charge >= 0.3 is 0 Å². The molecule has 1 N–H and O–H groups in total. The van der Waals surface area contributed by atoms with Crippen molar-refractivity contribution in [3.63, 3.8) is 0 Å². The molecule has 1 heterocycles. The zero-order chi connectivity index (χ0) is 19.6. The molecule has 0 saturated carbocycles. The van der Waals surface area contributed by atoms with E-state index < -0.39 is 0 Å². The molecule has 0 aliphatic carbocycles. The number of fused-ring (bicyclic) bond motifs is 1. The Morgan fingerprint density at radius 3 is 2.37 bits per heavy atom. The number of hydrogen-bond donors (Lipinski definition) is 1. The molecule has 0 fully saturated rings. The van der Waals surface area contributed by atoms with E-state index in [0.29, 0.717) is 34.8 Å². The van der Waals surface area contributed by atoms with Gasteiger partial charge < -0.3 is 5.32 Å². The second kappa shape index (κ2) is 7.42. The standard InChI is InChI=1S/C21H19N3O3/c1-13(2)9-10-24-20(26)17-8-5-15(11-18(17)21(24)27)19(25)23-16-6-3-14(12-22)4-7-16/h3-8,11,13H,9-10H2,1-2H3,(H,23,25). The van der Waals surface area contributed by atoms with Crippen LogP contribution in [0.3, 0.4) is 0 Å². The monoisotopic (exact) mass is 361 g/mol. The van der Waals surface area contributed by atoms with Gasteiger partial charge in [-0.25, -0.2) is 0 Å². The molecule has 6 heteroatoms. The Morgan fingerprint density at radius 1 is 1.07 bits per heavy atom. The summed E-state index contributed by atoms with van der Waals surface area (Å²) in [5.41, 5.74) is 1.93. The van der Waals surface area contributed by atoms with Crippen molar-refractivity contribution in [1.29, 1.82) is 5.26 Å². The van der Waals surface area contributed by atoms with Gasteiger partial charge in [-0.1, -0.05) is 13.8 Å². The molecule has 0 unspecified atom stereocenters. The summed E-state index contributed by atoms with van der Waals surface area (Å²) in [6, 6.07) is 13.0. The molecule has 3 rings (SSSR count). The first-order valence-electron chi connectivity index (χ1n) is 8.72. The second-order valence-corrected chi connectivity index (χ2v) is 6.85. The first-order chi connectivity index (χ1) is 12.9. The quantitative estimate of drug-likeness (QED) is 0.826. The number of carbonyl (C=O) groups is 3. The van der Waals surface area contributed by atoms with Crippen LogP contribution in [0.25, 0.3) is 0 Å². The van der Waals surface area contributed by atoms with Crippen LogP contribution in [0, 0.1) is 17.2 Å². The molecule has 2 aromatic rings. The minimum Gasteiger partial charge on any atom is -0.322 e. The predicted octanol–water partition coefficient (Wildman–Crippen LogP) is 3.45. The third kappa shape index (κ3) is 3.72. The van der Waals surface area contributed by atoms with Crippen molar-refractivity contribution in [2.75, 3.05) is 11.9 Å². The van der Waals surface area contributed by atoms with Gasteiger partial charge in [-0.15, -0.1) is 0 Å². The number of hydrogen-bond acceptors (Lipinski definition) is 4. The fourth-order valence-corrected chi connectivity index (χ4v) is 2.85. The average Bonchev–Trinajstić information content (AvgIpc) is 2.90. The topological polar surface area (TPSA) is 90.3 Å². The lowest BCUT2D eigenvalue weighted by atomic mass is 10.1. The zero-order valence-corrected chi connectivity index (χ0v) is 15.2. The molecule has 0 saturated heterocycles. The lowest BCUT2D eigenvalue weighted by molar-refractivity contribution is 0.0647. The van der Waals surface area contributed by atoms with Crippen molar-refractivity contribution < 1.29 is 14.4 Å². The molecule has 0 radical (unpaired) electrons. The Morgan fingerprint density at radius 2 is 1.74 bits per heavy atom. The normalized spacial score (nSPS) is 12.9. The second-order valence-electron chi connectivity index (χ2n) is 6.85. The number of benzene rings is 2. The van der Waals surface area contributed by atoms with E-state index in [9.17, 15) is 14.4 Å². The predicted molar refractivity (Wildman–Crippen MR) is 100 cm³/mol. The maximum atomic E-state index is 12.6. The van der Waals surface area contributed by atoms with Gasteiger partial charge in [-0.2, -0.15) is 5.26 Å². The van der Waals surface area contributed by atoms with Crippen LogP contribution in [0.2, 0.25) is 0 Å². The fourth-order valence-electron chi connectivity index (χ4n) is 2.85. The Kier molecular flexibility index (Phi) is 5.04. The lowest BCUT2D eigenvalue weighted by Crippen LogP contribution is -2.31. The molecule has 0 aromatic heterocycles. The molecule has 2 aromatic carbocycles. The molecule has 136 valence electrons. The summed E-state index contributed by atoms with van der Waals surface area (Å²) in [5, 5.41) is 11.5. The van der Waals surface area contributed by atoms with Crippen LogP contribution in [0.15, 0.2) is 42.5 Å². The summed E-state index contributed by atoms with van der Waals surface area (Å²) in [4.78, 5) is 38.7. The number of imide groups is 1. The van der Waals surface area contributed by atoms with Crippen LogP contribution < -0.4 is 5.32 Å². The molecular formula is C21H19N3O3. The van der Waals surface area contributed by atoms with Gasteiger partial charge in [0.25, 0.3) is 17.7 Å². The van der Waals surface area contributed by atoms with Gasteiger partial charge in [0.2, 0.25) is 0 Å². The molecule has 6 nitrogen and oxygen atoms in total. The van der Waals surface area contributed by atoms with Crippen molar-refractivity contribution in [3.8, 4) is 6.07 Å². The molecule has 0 atom stereocenters. The van der Waals surface area contributed by atoms with Crippen molar-refractivity contribution in [2.24, 2.45) is 5.92 Å². The third-order valence-corrected chi connectivity index (χ3v) is 4.43. The van der Waals surface area contributed by atoms with Gasteiger partial charge in [-0.05, 0) is 54.8 Å². The maximum absolute atomic E-state index is 12.6. The molecule has 27 heavy (non-hydrogen) atoms. The van der Waals surface area contributed by atoms with Crippen LogP contribution in [0.1, 0.15) is 56.9 Å². The minimum absolute atomic E-state index is 0.260. The van der Waals surface area contributed by atoms with E-state index in [0.717, 1.165) is 6.42 Å². The molecule has 0 bridgehead atoms. The Labute approximate surface area is 157 Å². The van der Waals surface area contributed by atoms with E-state index in [1.165, 1.54) is 23.1 Å². The molecule has 0 spiro atoms. The zero-order valence-electron chi connectivity index (χ0n) is 15.2. The van der Waals surface area contributed by atoms with Crippen LogP contribution in [0.4, 0.5) is 5.69 Å². The first kappa shape index (κ1) is 18.3. The largest absolute Gasteiger partial charge is 0.322 e. The molecule has 1 aliphatic heterocycles. The summed E-state index contributed by atoms with van der Waals surface area (Å²) in [6.07, 6.45) is 0.734. The Balaban J connectivity index is 1.78. The van der Waals surface area contributed by atoms with E-state index in [1.54, 1.807) is 24.3 Å². The Bertz CT molecular complexity index is 956. The number of amides is 3. The Hall–Kier alpha value is -3.46. The van der Waals surface area contributed by atoms with E-state index >= 15 is 0 Å². The number of nitrogens with one attached hydrogen (secondary N) is 1. The van der Waals surface area contributed by atoms with E-state index in [1.807, 2.05) is 19.9 Å². The summed E-state index contributed by atoms with van der Waals surface area (Å²) in [5.74, 6) is -0.676. The number of carbonyl (C=O) groups excluding carboxylic acids is 3. The highest BCUT2D eigenvalue weighted by atomic mass is 16.2. The summed E-state index contributed by atoms with van der Waals surface area (Å²) < 4.78 is 0. The van der Waals surface area contributed by atoms with Crippen molar-refractivity contribution in [2.45, 2.75) is 20.3 Å². The highest BCUT2D eigenvalue weighted by Gasteiger charge is 2.35. The van der Waals surface area contributed by atoms with Gasteiger partial charge in [-0.3, -0.25) is 19.3 Å². The number of rotatable bonds is 5. The van der Waals surface area contributed by atoms with Gasteiger partial charge in [0.15, 0.2) is 0 Å². The maximum Gasteiger partial charge on any atom is 0.261 e. The van der Waals surface area contributed by atoms with Crippen molar-refractivity contribution in [3.05, 3.63) is 64.7 Å². The van der Waals surface area contributed by atoms with Crippen LogP contribution >= 0.6 is 0 Å². The van der Waals surface area contributed by atoms with E-state index in [2.05, 4.69) is 5.32 Å². The number of anilines is 1. The number of nitrogens with zero attached hydrogens (tertiary/aromatic N) is 2. The fraction of sp³-hybridized carbons (Fsp3) is 0.238. The molecule has 1 aliphatic rings. The van der Waals surface area contributed by atoms with Crippen molar-refractivity contribution >= 4 is 23.4 Å². The SMILES string of the molecule is CC(C)CCN1C(=O)c2ccc(C(=O)Nc3ccc(C#N)cc3)cc2C1=O. The smallest absolute Gasteiger partial charge is 0.261 e. The van der Waals surface area contributed by atoms with Crippen molar-refractivity contribution in [1.82, 2.24) is 4.90 Å². The highest BCUT2D eigenvalue weighted by molar-refractivity contribution is 6.22. The minimum atomic E-state index is -0.386. The summed E-state index contributed by atoms with van der Waals surface area (Å²) in [7, 11) is 0. The van der Waals surface area contributed by atoms with Crippen LogP contribution in [-0.2, 0) is 0 Å². The molecule has 3 amide bonds. The van der Waals surface area contributed by atoms with E-state index in [4.69, 9.17) is 5.26 Å². The third-order valence-electron chi connectivity index (χ3n) is 4.43. The van der Waals surface area contributed by atoms with Gasteiger partial charge in [0.1, 0.15) is 0 Å². The summed E-state index contributed by atoms with van der Waals surface area (Å²) in [6.45, 7) is 4.43. The molecular weight excluding hydrogens is 342 g/mol. The average molecular weight is 361 g/mol. The van der Waals surface area contributed by atoms with Gasteiger partial charge in [0, 0.05) is 17.8 Å². The highest BCUT2D eigenvalue weighted by Crippen LogP contribution is 2.25.